The Labute approximate surface area is 184 Å². The molecule has 0 radical (unpaired) electrons. The summed E-state index contributed by atoms with van der Waals surface area (Å²) < 4.78 is 7.74. The highest BCUT2D eigenvalue weighted by molar-refractivity contribution is 9.11. The van der Waals surface area contributed by atoms with Crippen LogP contribution in [-0.4, -0.2) is 31.6 Å². The molecule has 0 bridgehead atoms. The molecule has 30 heavy (non-hydrogen) atoms. The lowest BCUT2D eigenvalue weighted by molar-refractivity contribution is 0.398. The maximum Gasteiger partial charge on any atom is 0.215 e. The van der Waals surface area contributed by atoms with E-state index < -0.39 is 0 Å². The van der Waals surface area contributed by atoms with Gasteiger partial charge in [0.1, 0.15) is 23.0 Å². The van der Waals surface area contributed by atoms with Crippen LogP contribution in [0.3, 0.4) is 0 Å². The van der Waals surface area contributed by atoms with E-state index in [1.165, 1.54) is 18.4 Å². The van der Waals surface area contributed by atoms with Gasteiger partial charge in [-0.2, -0.15) is 10.5 Å². The number of methoxy groups -OCH3 is 1. The molecule has 0 saturated carbocycles. The van der Waals surface area contributed by atoms with E-state index in [1.807, 2.05) is 24.5 Å². The van der Waals surface area contributed by atoms with E-state index in [0.29, 0.717) is 37.9 Å². The Morgan fingerprint density at radius 3 is 2.80 bits per heavy atom. The van der Waals surface area contributed by atoms with Crippen molar-refractivity contribution in [1.29, 1.82) is 10.5 Å². The number of fused-ring (bicyclic) bond motifs is 1. The fourth-order valence-electron chi connectivity index (χ4n) is 3.20. The molecule has 10 heteroatoms. The first-order valence-electron chi connectivity index (χ1n) is 8.72. The van der Waals surface area contributed by atoms with Crippen molar-refractivity contribution in [2.75, 3.05) is 7.11 Å². The van der Waals surface area contributed by atoms with E-state index >= 15 is 0 Å². The molecular weight excluding hydrogens is 466 g/mol. The van der Waals surface area contributed by atoms with Crippen molar-refractivity contribution in [1.82, 2.24) is 24.5 Å². The lowest BCUT2D eigenvalue weighted by atomic mass is 10.1. The Morgan fingerprint density at radius 2 is 2.10 bits per heavy atom. The number of aromatic nitrogens is 5. The molecule has 0 atom stereocenters. The predicted octanol–water partition coefficient (Wildman–Crippen LogP) is 4.53. The van der Waals surface area contributed by atoms with Gasteiger partial charge in [0.25, 0.3) is 0 Å². The zero-order valence-corrected chi connectivity index (χ0v) is 18.6. The zero-order chi connectivity index (χ0) is 21.4. The van der Waals surface area contributed by atoms with E-state index in [0.717, 1.165) is 22.0 Å². The van der Waals surface area contributed by atoms with Crippen LogP contribution in [0.25, 0.3) is 27.7 Å². The van der Waals surface area contributed by atoms with Gasteiger partial charge >= 0.3 is 0 Å². The van der Waals surface area contributed by atoms with Gasteiger partial charge in [-0.05, 0) is 47.5 Å². The number of nitrogens with one attached hydrogen (secondary N) is 1. The molecule has 0 spiro atoms. The maximum atomic E-state index is 9.75. The van der Waals surface area contributed by atoms with Gasteiger partial charge in [0.05, 0.1) is 29.9 Å². The van der Waals surface area contributed by atoms with Gasteiger partial charge in [-0.1, -0.05) is 11.3 Å². The number of thiazole rings is 1. The third-order valence-corrected chi connectivity index (χ3v) is 6.08. The van der Waals surface area contributed by atoms with Gasteiger partial charge in [-0.15, -0.1) is 0 Å². The molecule has 0 unspecified atom stereocenters. The van der Waals surface area contributed by atoms with Gasteiger partial charge < -0.3 is 14.3 Å². The largest absolute Gasteiger partial charge is 0.481 e. The minimum atomic E-state index is 0.350. The molecule has 0 aliphatic rings. The Bertz CT molecular complexity index is 1400. The summed E-state index contributed by atoms with van der Waals surface area (Å²) in [5, 5.41) is 19.9. The van der Waals surface area contributed by atoms with Crippen molar-refractivity contribution in [3.63, 3.8) is 0 Å². The number of hydrogen-bond acceptors (Lipinski definition) is 7. The van der Waals surface area contributed by atoms with E-state index in [-0.39, 0.29) is 0 Å². The molecule has 0 fully saturated rings. The number of ether oxygens (including phenoxy) is 1. The predicted molar refractivity (Wildman–Crippen MR) is 117 cm³/mol. The maximum absolute atomic E-state index is 9.75. The van der Waals surface area contributed by atoms with E-state index in [4.69, 9.17) is 4.74 Å². The molecule has 4 heterocycles. The molecule has 0 amide bonds. The second-order valence-electron chi connectivity index (χ2n) is 6.39. The van der Waals surface area contributed by atoms with Crippen LogP contribution < -0.4 is 4.74 Å². The van der Waals surface area contributed by atoms with Gasteiger partial charge in [-0.3, -0.25) is 0 Å². The molecule has 8 nitrogen and oxygen atoms in total. The van der Waals surface area contributed by atoms with Crippen molar-refractivity contribution < 1.29 is 4.74 Å². The normalized spacial score (nSPS) is 11.5. The van der Waals surface area contributed by atoms with Crippen molar-refractivity contribution >= 4 is 49.9 Å². The number of aromatic amines is 1. The monoisotopic (exact) mass is 479 g/mol. The van der Waals surface area contributed by atoms with Crippen LogP contribution in [0.2, 0.25) is 0 Å². The second kappa shape index (κ2) is 7.75. The van der Waals surface area contributed by atoms with Crippen LogP contribution in [0, 0.1) is 36.5 Å². The number of allylic oxidation sites excluding steroid dienone is 1. The number of pyridine rings is 1. The third-order valence-electron chi connectivity index (χ3n) is 4.59. The SMILES string of the molecule is COc1cc2nc(/C(C#N)=C/c3cc(C)n(-c4sc(Br)nc4C#N)c3C)[nH]c2cn1. The van der Waals surface area contributed by atoms with Crippen molar-refractivity contribution in [3.05, 3.63) is 50.7 Å². The Hall–Kier alpha value is -3.47. The molecule has 4 aromatic heterocycles. The molecular formula is C20H14BrN7OS. The van der Waals surface area contributed by atoms with Gasteiger partial charge in [0.2, 0.25) is 5.88 Å². The van der Waals surface area contributed by atoms with Gasteiger partial charge in [0, 0.05) is 17.5 Å². The van der Waals surface area contributed by atoms with E-state index in [9.17, 15) is 10.5 Å². The first kappa shape index (κ1) is 19.8. The molecule has 0 aliphatic heterocycles. The summed E-state index contributed by atoms with van der Waals surface area (Å²) in [6.45, 7) is 3.89. The molecule has 0 aliphatic carbocycles. The highest BCUT2D eigenvalue weighted by Gasteiger charge is 2.18. The molecule has 0 saturated heterocycles. The highest BCUT2D eigenvalue weighted by Crippen LogP contribution is 2.32. The number of nitriles is 2. The summed E-state index contributed by atoms with van der Waals surface area (Å²) in [4.78, 5) is 16.0. The summed E-state index contributed by atoms with van der Waals surface area (Å²) in [5.41, 5.74) is 4.80. The summed E-state index contributed by atoms with van der Waals surface area (Å²) in [6, 6.07) is 8.02. The third kappa shape index (κ3) is 3.36. The number of nitrogens with zero attached hydrogens (tertiary/aromatic N) is 6. The lowest BCUT2D eigenvalue weighted by Gasteiger charge is -2.06. The Morgan fingerprint density at radius 1 is 1.30 bits per heavy atom. The summed E-state index contributed by atoms with van der Waals surface area (Å²) in [5.74, 6) is 0.904. The van der Waals surface area contributed by atoms with Crippen LogP contribution >= 0.6 is 27.3 Å². The number of imidazole rings is 1. The number of rotatable bonds is 4. The quantitative estimate of drug-likeness (QED) is 0.429. The van der Waals surface area contributed by atoms with Crippen molar-refractivity contribution in [3.8, 4) is 23.0 Å². The number of halogens is 1. The Kier molecular flexibility index (Phi) is 5.12. The fourth-order valence-corrected chi connectivity index (χ4v) is 4.69. The molecule has 4 aromatic rings. The van der Waals surface area contributed by atoms with Crippen molar-refractivity contribution in [2.24, 2.45) is 0 Å². The zero-order valence-electron chi connectivity index (χ0n) is 16.2. The summed E-state index contributed by atoms with van der Waals surface area (Å²) in [6.07, 6.45) is 3.40. The van der Waals surface area contributed by atoms with E-state index in [2.05, 4.69) is 48.0 Å². The highest BCUT2D eigenvalue weighted by atomic mass is 79.9. The van der Waals surface area contributed by atoms with Gasteiger partial charge in [-0.25, -0.2) is 15.0 Å². The van der Waals surface area contributed by atoms with Gasteiger partial charge in [0.15, 0.2) is 9.61 Å². The molecule has 1 N–H and O–H groups in total. The van der Waals surface area contributed by atoms with E-state index in [1.54, 1.807) is 18.3 Å². The minimum absolute atomic E-state index is 0.350. The smallest absolute Gasteiger partial charge is 0.215 e. The van der Waals surface area contributed by atoms with Crippen LogP contribution in [0.1, 0.15) is 28.5 Å². The average molecular weight is 480 g/mol. The first-order chi connectivity index (χ1) is 14.4. The van der Waals surface area contributed by atoms with Crippen LogP contribution in [0.15, 0.2) is 22.2 Å². The lowest BCUT2D eigenvalue weighted by Crippen LogP contribution is -1.99. The Balaban J connectivity index is 1.81. The number of H-pyrrole nitrogens is 1. The summed E-state index contributed by atoms with van der Waals surface area (Å²) >= 11 is 4.73. The molecule has 148 valence electrons. The minimum Gasteiger partial charge on any atom is -0.481 e. The molecule has 4 rings (SSSR count). The fraction of sp³-hybridized carbons (Fsp3) is 0.150. The number of hydrogen-bond donors (Lipinski definition) is 1. The van der Waals surface area contributed by atoms with Crippen molar-refractivity contribution in [2.45, 2.75) is 13.8 Å². The van der Waals surface area contributed by atoms with Crippen LogP contribution in [0.5, 0.6) is 5.88 Å². The molecule has 0 aromatic carbocycles. The topological polar surface area (TPSA) is 116 Å². The first-order valence-corrected chi connectivity index (χ1v) is 10.3. The van der Waals surface area contributed by atoms with Crippen LogP contribution in [-0.2, 0) is 0 Å². The second-order valence-corrected chi connectivity index (χ2v) is 8.65. The van der Waals surface area contributed by atoms with Crippen LogP contribution in [0.4, 0.5) is 0 Å². The standard InChI is InChI=1S/C20H14BrN7OS/c1-10-4-12(11(2)28(10)19-15(8-23)27-20(21)30-19)5-13(7-22)18-25-14-6-17(29-3)24-9-16(14)26-18/h4-6,9H,1-3H3,(H,25,26)/b13-5+. The number of aryl methyl sites for hydroxylation is 1. The average Bonchev–Trinajstić information content (AvgIpc) is 3.40. The summed E-state index contributed by atoms with van der Waals surface area (Å²) in [7, 11) is 1.54.